The molecule has 0 aliphatic rings. The van der Waals surface area contributed by atoms with Crippen LogP contribution in [0.4, 0.5) is 4.39 Å². The smallest absolute Gasteiger partial charge is 0.219 e. The van der Waals surface area contributed by atoms with Crippen molar-refractivity contribution in [1.29, 1.82) is 0 Å². The Morgan fingerprint density at radius 3 is 2.83 bits per heavy atom. The Bertz CT molecular complexity index is 397. The van der Waals surface area contributed by atoms with Crippen LogP contribution in [-0.2, 0) is 11.3 Å². The van der Waals surface area contributed by atoms with Gasteiger partial charge in [0.2, 0.25) is 5.91 Å². The average Bonchev–Trinajstić information content (AvgIpc) is 2.37. The van der Waals surface area contributed by atoms with Crippen molar-refractivity contribution in [2.24, 2.45) is 0 Å². The van der Waals surface area contributed by atoms with Gasteiger partial charge < -0.3 is 15.4 Å². The standard InChI is InChI=1S/C13H19FN2O2/c1-15-9-10-5-3-6-11(14)13(10)18-8-4-7-12(17)16-2/h3,5-6,15H,4,7-9H2,1-2H3,(H,16,17). The number of hydrogen-bond donors (Lipinski definition) is 2. The molecule has 4 nitrogen and oxygen atoms in total. The summed E-state index contributed by atoms with van der Waals surface area (Å²) in [6.07, 6.45) is 0.944. The Morgan fingerprint density at radius 2 is 2.17 bits per heavy atom. The number of rotatable bonds is 7. The molecule has 100 valence electrons. The molecule has 18 heavy (non-hydrogen) atoms. The maximum absolute atomic E-state index is 13.6. The minimum atomic E-state index is -0.373. The zero-order valence-corrected chi connectivity index (χ0v) is 10.8. The van der Waals surface area contributed by atoms with Gasteiger partial charge in [-0.1, -0.05) is 12.1 Å². The second kappa shape index (κ2) is 7.66. The first kappa shape index (κ1) is 14.4. The molecule has 5 heteroatoms. The molecule has 1 amide bonds. The molecular formula is C13H19FN2O2. The summed E-state index contributed by atoms with van der Waals surface area (Å²) in [5.74, 6) is -0.144. The molecule has 1 aromatic rings. The third-order valence-electron chi connectivity index (χ3n) is 2.49. The number of halogens is 1. The molecule has 0 aliphatic heterocycles. The van der Waals surface area contributed by atoms with Crippen molar-refractivity contribution in [3.05, 3.63) is 29.6 Å². The van der Waals surface area contributed by atoms with E-state index in [2.05, 4.69) is 10.6 Å². The lowest BCUT2D eigenvalue weighted by atomic mass is 10.2. The fourth-order valence-electron chi connectivity index (χ4n) is 1.58. The van der Waals surface area contributed by atoms with E-state index < -0.39 is 0 Å². The molecule has 0 aromatic heterocycles. The van der Waals surface area contributed by atoms with Gasteiger partial charge in [0.15, 0.2) is 11.6 Å². The van der Waals surface area contributed by atoms with Crippen LogP contribution >= 0.6 is 0 Å². The summed E-state index contributed by atoms with van der Waals surface area (Å²) in [4.78, 5) is 11.0. The van der Waals surface area contributed by atoms with Gasteiger partial charge in [0.1, 0.15) is 0 Å². The highest BCUT2D eigenvalue weighted by Crippen LogP contribution is 2.22. The summed E-state index contributed by atoms with van der Waals surface area (Å²) in [5.41, 5.74) is 0.775. The predicted molar refractivity (Wildman–Crippen MR) is 68.0 cm³/mol. The van der Waals surface area contributed by atoms with Crippen molar-refractivity contribution in [2.75, 3.05) is 20.7 Å². The maximum atomic E-state index is 13.6. The Kier molecular flexibility index (Phi) is 6.14. The lowest BCUT2D eigenvalue weighted by molar-refractivity contribution is -0.120. The van der Waals surface area contributed by atoms with Crippen molar-refractivity contribution in [3.63, 3.8) is 0 Å². The van der Waals surface area contributed by atoms with Gasteiger partial charge in [-0.2, -0.15) is 0 Å². The van der Waals surface area contributed by atoms with Gasteiger partial charge in [-0.3, -0.25) is 4.79 Å². The molecule has 0 fully saturated rings. The van der Waals surface area contributed by atoms with E-state index in [0.717, 1.165) is 5.56 Å². The Labute approximate surface area is 107 Å². The van der Waals surface area contributed by atoms with Gasteiger partial charge in [-0.05, 0) is 19.5 Å². The van der Waals surface area contributed by atoms with E-state index >= 15 is 0 Å². The third-order valence-corrected chi connectivity index (χ3v) is 2.49. The van der Waals surface area contributed by atoms with E-state index in [1.807, 2.05) is 6.07 Å². The summed E-state index contributed by atoms with van der Waals surface area (Å²) in [5, 5.41) is 5.49. The van der Waals surface area contributed by atoms with Crippen LogP contribution in [0.2, 0.25) is 0 Å². The molecule has 0 saturated heterocycles. The molecule has 1 rings (SSSR count). The Hall–Kier alpha value is -1.62. The van der Waals surface area contributed by atoms with E-state index in [1.165, 1.54) is 6.07 Å². The SMILES string of the molecule is CNCc1cccc(F)c1OCCCC(=O)NC. The van der Waals surface area contributed by atoms with Crippen LogP contribution in [0.15, 0.2) is 18.2 Å². The lowest BCUT2D eigenvalue weighted by Gasteiger charge is -2.12. The third kappa shape index (κ3) is 4.33. The van der Waals surface area contributed by atoms with Gasteiger partial charge in [-0.15, -0.1) is 0 Å². The Morgan fingerprint density at radius 1 is 1.39 bits per heavy atom. The van der Waals surface area contributed by atoms with Gasteiger partial charge in [0, 0.05) is 25.6 Å². The van der Waals surface area contributed by atoms with Crippen LogP contribution in [-0.4, -0.2) is 26.6 Å². The van der Waals surface area contributed by atoms with E-state index in [4.69, 9.17) is 4.74 Å². The summed E-state index contributed by atoms with van der Waals surface area (Å²) in [6.45, 7) is 0.869. The van der Waals surface area contributed by atoms with Gasteiger partial charge in [-0.25, -0.2) is 4.39 Å². The van der Waals surface area contributed by atoms with Crippen LogP contribution in [0.3, 0.4) is 0 Å². The minimum absolute atomic E-state index is 0.0393. The summed E-state index contributed by atoms with van der Waals surface area (Å²) >= 11 is 0. The highest BCUT2D eigenvalue weighted by atomic mass is 19.1. The number of carbonyl (C=O) groups is 1. The van der Waals surface area contributed by atoms with E-state index in [9.17, 15) is 9.18 Å². The largest absolute Gasteiger partial charge is 0.490 e. The fourth-order valence-corrected chi connectivity index (χ4v) is 1.58. The van der Waals surface area contributed by atoms with Crippen LogP contribution in [0.1, 0.15) is 18.4 Å². The molecule has 0 radical (unpaired) electrons. The topological polar surface area (TPSA) is 50.4 Å². The average molecular weight is 254 g/mol. The first-order valence-corrected chi connectivity index (χ1v) is 5.94. The molecule has 0 saturated carbocycles. The van der Waals surface area contributed by atoms with E-state index in [0.29, 0.717) is 26.0 Å². The van der Waals surface area contributed by atoms with E-state index in [1.54, 1.807) is 20.2 Å². The van der Waals surface area contributed by atoms with Crippen LogP contribution in [0.5, 0.6) is 5.75 Å². The number of para-hydroxylation sites is 1. The van der Waals surface area contributed by atoms with Gasteiger partial charge in [0.25, 0.3) is 0 Å². The number of amides is 1. The molecule has 0 atom stereocenters. The number of benzene rings is 1. The van der Waals surface area contributed by atoms with Crippen molar-refractivity contribution in [3.8, 4) is 5.75 Å². The Balaban J connectivity index is 2.52. The quantitative estimate of drug-likeness (QED) is 0.724. The number of hydrogen-bond acceptors (Lipinski definition) is 3. The monoisotopic (exact) mass is 254 g/mol. The maximum Gasteiger partial charge on any atom is 0.219 e. The molecule has 2 N–H and O–H groups in total. The normalized spacial score (nSPS) is 10.2. The highest BCUT2D eigenvalue weighted by Gasteiger charge is 2.09. The first-order valence-electron chi connectivity index (χ1n) is 5.94. The lowest BCUT2D eigenvalue weighted by Crippen LogP contribution is -2.18. The van der Waals surface area contributed by atoms with Gasteiger partial charge in [0.05, 0.1) is 6.61 Å². The van der Waals surface area contributed by atoms with Crippen molar-refractivity contribution >= 4 is 5.91 Å². The fraction of sp³-hybridized carbons (Fsp3) is 0.462. The minimum Gasteiger partial charge on any atom is -0.490 e. The number of carbonyl (C=O) groups excluding carboxylic acids is 1. The second-order valence-electron chi connectivity index (χ2n) is 3.88. The predicted octanol–water partition coefficient (Wildman–Crippen LogP) is 1.45. The summed E-state index contributed by atoms with van der Waals surface area (Å²) in [7, 11) is 3.38. The molecule has 0 heterocycles. The molecule has 0 aliphatic carbocycles. The van der Waals surface area contributed by atoms with E-state index in [-0.39, 0.29) is 17.5 Å². The highest BCUT2D eigenvalue weighted by molar-refractivity contribution is 5.75. The van der Waals surface area contributed by atoms with Crippen molar-refractivity contribution < 1.29 is 13.9 Å². The number of nitrogens with one attached hydrogen (secondary N) is 2. The summed E-state index contributed by atoms with van der Waals surface area (Å²) < 4.78 is 19.0. The zero-order chi connectivity index (χ0) is 13.4. The molecular weight excluding hydrogens is 235 g/mol. The summed E-state index contributed by atoms with van der Waals surface area (Å²) in [6, 6.07) is 4.83. The molecule has 1 aromatic carbocycles. The zero-order valence-electron chi connectivity index (χ0n) is 10.8. The second-order valence-corrected chi connectivity index (χ2v) is 3.88. The van der Waals surface area contributed by atoms with Crippen molar-refractivity contribution in [1.82, 2.24) is 10.6 Å². The van der Waals surface area contributed by atoms with Crippen LogP contribution < -0.4 is 15.4 Å². The molecule has 0 bridgehead atoms. The number of ether oxygens (including phenoxy) is 1. The van der Waals surface area contributed by atoms with Crippen LogP contribution in [0.25, 0.3) is 0 Å². The molecule has 0 spiro atoms. The first-order chi connectivity index (χ1) is 8.69. The molecule has 0 unspecified atom stereocenters. The van der Waals surface area contributed by atoms with Gasteiger partial charge >= 0.3 is 0 Å². The van der Waals surface area contributed by atoms with Crippen LogP contribution in [0, 0.1) is 5.82 Å². The van der Waals surface area contributed by atoms with Crippen molar-refractivity contribution in [2.45, 2.75) is 19.4 Å².